The fourth-order valence-electron chi connectivity index (χ4n) is 3.65. The lowest BCUT2D eigenvalue weighted by Gasteiger charge is -2.35. The molecule has 0 radical (unpaired) electrons. The van der Waals surface area contributed by atoms with Gasteiger partial charge in [-0.05, 0) is 32.4 Å². The fourth-order valence-corrected chi connectivity index (χ4v) is 3.65. The van der Waals surface area contributed by atoms with E-state index in [0.717, 1.165) is 44.1 Å². The molecule has 1 aliphatic heterocycles. The number of aryl methyl sites for hydroxylation is 2. The van der Waals surface area contributed by atoms with Crippen LogP contribution in [0.5, 0.6) is 0 Å². The van der Waals surface area contributed by atoms with Crippen LogP contribution in [0, 0.1) is 26.7 Å². The number of aromatic nitrogens is 2. The molecular formula is C21H30N4O. The van der Waals surface area contributed by atoms with Crippen LogP contribution >= 0.6 is 0 Å². The van der Waals surface area contributed by atoms with Crippen LogP contribution in [-0.2, 0) is 11.3 Å². The Morgan fingerprint density at radius 2 is 1.73 bits per heavy atom. The highest BCUT2D eigenvalue weighted by Crippen LogP contribution is 2.22. The zero-order valence-corrected chi connectivity index (χ0v) is 16.6. The molecule has 0 atom stereocenters. The maximum absolute atomic E-state index is 12.2. The second-order valence-corrected chi connectivity index (χ2v) is 7.60. The Morgan fingerprint density at radius 1 is 1.08 bits per heavy atom. The molecule has 0 N–H and O–H groups in total. The van der Waals surface area contributed by atoms with Crippen molar-refractivity contribution in [1.29, 1.82) is 0 Å². The van der Waals surface area contributed by atoms with Crippen molar-refractivity contribution in [1.82, 2.24) is 19.6 Å². The average molecular weight is 354 g/mol. The maximum Gasteiger partial charge on any atom is 0.225 e. The Balaban J connectivity index is 1.72. The van der Waals surface area contributed by atoms with Crippen LogP contribution in [0.1, 0.15) is 36.4 Å². The molecule has 5 heteroatoms. The van der Waals surface area contributed by atoms with Gasteiger partial charge < -0.3 is 4.90 Å². The van der Waals surface area contributed by atoms with E-state index in [-0.39, 0.29) is 11.8 Å². The van der Waals surface area contributed by atoms with E-state index in [4.69, 9.17) is 5.10 Å². The van der Waals surface area contributed by atoms with Crippen LogP contribution in [0.15, 0.2) is 24.3 Å². The van der Waals surface area contributed by atoms with Crippen LogP contribution in [0.3, 0.4) is 0 Å². The summed E-state index contributed by atoms with van der Waals surface area (Å²) in [5.41, 5.74) is 5.97. The number of rotatable bonds is 4. The molecule has 5 nitrogen and oxygen atoms in total. The predicted octanol–water partition coefficient (Wildman–Crippen LogP) is 3.10. The van der Waals surface area contributed by atoms with E-state index in [2.05, 4.69) is 54.6 Å². The lowest BCUT2D eigenvalue weighted by atomic mass is 10.1. The molecular weight excluding hydrogens is 324 g/mol. The van der Waals surface area contributed by atoms with Crippen LogP contribution in [0.4, 0.5) is 0 Å². The summed E-state index contributed by atoms with van der Waals surface area (Å²) < 4.78 is 2.07. The third kappa shape index (κ3) is 3.68. The van der Waals surface area contributed by atoms with Crippen LogP contribution in [0.25, 0.3) is 5.69 Å². The summed E-state index contributed by atoms with van der Waals surface area (Å²) in [4.78, 5) is 16.6. The molecule has 2 aromatic rings. The van der Waals surface area contributed by atoms with Gasteiger partial charge in [0, 0.05) is 49.9 Å². The minimum Gasteiger partial charge on any atom is -0.340 e. The Kier molecular flexibility index (Phi) is 5.47. The Hall–Kier alpha value is -2.14. The number of carbonyl (C=O) groups is 1. The number of carbonyl (C=O) groups excluding carboxylic acids is 1. The van der Waals surface area contributed by atoms with E-state index >= 15 is 0 Å². The zero-order chi connectivity index (χ0) is 18.8. The highest BCUT2D eigenvalue weighted by molar-refractivity contribution is 5.78. The van der Waals surface area contributed by atoms with Gasteiger partial charge in [0.2, 0.25) is 5.91 Å². The second-order valence-electron chi connectivity index (χ2n) is 7.60. The van der Waals surface area contributed by atoms with E-state index in [1.54, 1.807) is 0 Å². The minimum atomic E-state index is 0.0818. The molecule has 26 heavy (non-hydrogen) atoms. The number of para-hydroxylation sites is 1. The summed E-state index contributed by atoms with van der Waals surface area (Å²) in [6.07, 6.45) is 0. The molecule has 1 amide bonds. The van der Waals surface area contributed by atoms with Gasteiger partial charge in [-0.1, -0.05) is 32.0 Å². The van der Waals surface area contributed by atoms with Crippen molar-refractivity contribution in [3.05, 3.63) is 46.8 Å². The first-order valence-corrected chi connectivity index (χ1v) is 9.50. The van der Waals surface area contributed by atoms with Crippen molar-refractivity contribution >= 4 is 5.91 Å². The smallest absolute Gasteiger partial charge is 0.225 e. The van der Waals surface area contributed by atoms with E-state index in [1.807, 2.05) is 18.7 Å². The molecule has 0 bridgehead atoms. The highest BCUT2D eigenvalue weighted by Gasteiger charge is 2.24. The first kappa shape index (κ1) is 18.6. The molecule has 1 fully saturated rings. The number of piperazine rings is 1. The first-order chi connectivity index (χ1) is 12.4. The van der Waals surface area contributed by atoms with Gasteiger partial charge in [0.05, 0.1) is 11.4 Å². The molecule has 0 unspecified atom stereocenters. The Labute approximate surface area is 156 Å². The number of nitrogens with zero attached hydrogens (tertiary/aromatic N) is 4. The molecule has 3 rings (SSSR count). The summed E-state index contributed by atoms with van der Waals surface area (Å²) in [5.74, 6) is 0.350. The van der Waals surface area contributed by atoms with Crippen molar-refractivity contribution in [2.75, 3.05) is 26.2 Å². The Morgan fingerprint density at radius 3 is 2.35 bits per heavy atom. The molecule has 2 heterocycles. The van der Waals surface area contributed by atoms with E-state index in [1.165, 1.54) is 16.8 Å². The SMILES string of the molecule is Cc1ccccc1-n1nc(C)c(CN2CCN(C(=O)C(C)C)CC2)c1C. The second kappa shape index (κ2) is 7.62. The standard InChI is InChI=1S/C21H30N4O/c1-15(2)21(26)24-12-10-23(11-13-24)14-19-17(4)22-25(18(19)5)20-9-7-6-8-16(20)3/h6-9,15H,10-14H2,1-5H3. The highest BCUT2D eigenvalue weighted by atomic mass is 16.2. The maximum atomic E-state index is 12.2. The third-order valence-electron chi connectivity index (χ3n) is 5.34. The summed E-state index contributed by atoms with van der Waals surface area (Å²) >= 11 is 0. The van der Waals surface area contributed by atoms with Crippen molar-refractivity contribution in [2.45, 2.75) is 41.2 Å². The summed E-state index contributed by atoms with van der Waals surface area (Å²) in [6, 6.07) is 8.36. The molecule has 0 aliphatic carbocycles. The fraction of sp³-hybridized carbons (Fsp3) is 0.524. The molecule has 1 aromatic heterocycles. The van der Waals surface area contributed by atoms with Gasteiger partial charge in [0.1, 0.15) is 0 Å². The van der Waals surface area contributed by atoms with E-state index < -0.39 is 0 Å². The van der Waals surface area contributed by atoms with Crippen molar-refractivity contribution < 1.29 is 4.79 Å². The number of benzene rings is 1. The normalized spacial score (nSPS) is 15.7. The number of amides is 1. The van der Waals surface area contributed by atoms with E-state index in [0.29, 0.717) is 0 Å². The number of hydrogen-bond acceptors (Lipinski definition) is 3. The van der Waals surface area contributed by atoms with Crippen LogP contribution in [-0.4, -0.2) is 51.7 Å². The predicted molar refractivity (Wildman–Crippen MR) is 104 cm³/mol. The summed E-state index contributed by atoms with van der Waals surface area (Å²) in [5, 5.41) is 4.80. The quantitative estimate of drug-likeness (QED) is 0.847. The monoisotopic (exact) mass is 354 g/mol. The third-order valence-corrected chi connectivity index (χ3v) is 5.34. The van der Waals surface area contributed by atoms with E-state index in [9.17, 15) is 4.79 Å². The molecule has 1 saturated heterocycles. The first-order valence-electron chi connectivity index (χ1n) is 9.50. The molecule has 1 aliphatic rings. The zero-order valence-electron chi connectivity index (χ0n) is 16.6. The van der Waals surface area contributed by atoms with Gasteiger partial charge in [-0.15, -0.1) is 0 Å². The molecule has 0 saturated carbocycles. The van der Waals surface area contributed by atoms with Crippen LogP contribution < -0.4 is 0 Å². The van der Waals surface area contributed by atoms with Crippen molar-refractivity contribution in [3.8, 4) is 5.69 Å². The average Bonchev–Trinajstić information content (AvgIpc) is 2.90. The minimum absolute atomic E-state index is 0.0818. The van der Waals surface area contributed by atoms with Gasteiger partial charge in [0.25, 0.3) is 0 Å². The number of hydrogen-bond donors (Lipinski definition) is 0. The largest absolute Gasteiger partial charge is 0.340 e. The van der Waals surface area contributed by atoms with Gasteiger partial charge >= 0.3 is 0 Å². The summed E-state index contributed by atoms with van der Waals surface area (Å²) in [6.45, 7) is 14.7. The molecule has 140 valence electrons. The van der Waals surface area contributed by atoms with Gasteiger partial charge in [-0.3, -0.25) is 9.69 Å². The topological polar surface area (TPSA) is 41.4 Å². The Bertz CT molecular complexity index is 785. The lowest BCUT2D eigenvalue weighted by molar-refractivity contribution is -0.136. The van der Waals surface area contributed by atoms with Crippen molar-refractivity contribution in [3.63, 3.8) is 0 Å². The lowest BCUT2D eigenvalue weighted by Crippen LogP contribution is -2.49. The molecule has 0 spiro atoms. The van der Waals surface area contributed by atoms with Gasteiger partial charge in [-0.25, -0.2) is 4.68 Å². The van der Waals surface area contributed by atoms with Gasteiger partial charge in [-0.2, -0.15) is 5.10 Å². The van der Waals surface area contributed by atoms with Crippen LogP contribution in [0.2, 0.25) is 0 Å². The summed E-state index contributed by atoms with van der Waals surface area (Å²) in [7, 11) is 0. The molecule has 1 aromatic carbocycles. The van der Waals surface area contributed by atoms with Crippen molar-refractivity contribution in [2.24, 2.45) is 5.92 Å². The van der Waals surface area contributed by atoms with Gasteiger partial charge in [0.15, 0.2) is 0 Å².